The third kappa shape index (κ3) is 4.72. The number of benzene rings is 8. The molecule has 13 rings (SSSR count). The van der Waals surface area contributed by atoms with Crippen molar-refractivity contribution in [1.29, 1.82) is 0 Å². The first kappa shape index (κ1) is 36.8. The molecule has 0 atom stereocenters. The number of hydrogen-bond acceptors (Lipinski definition) is 6. The second-order valence-corrected chi connectivity index (χ2v) is 17.8. The molecule has 0 amide bonds. The van der Waals surface area contributed by atoms with E-state index in [1.807, 2.05) is 0 Å². The van der Waals surface area contributed by atoms with E-state index in [1.165, 1.54) is 43.1 Å². The van der Waals surface area contributed by atoms with E-state index >= 15 is 0 Å². The van der Waals surface area contributed by atoms with E-state index in [-0.39, 0.29) is 0 Å². The smallest absolute Gasteiger partial charge is 0.165 e. The molecular formula is C56H42N8. The van der Waals surface area contributed by atoms with Gasteiger partial charge in [0.25, 0.3) is 0 Å². The summed E-state index contributed by atoms with van der Waals surface area (Å²) in [4.78, 5) is 40.7. The van der Waals surface area contributed by atoms with Gasteiger partial charge in [-0.2, -0.15) is 0 Å². The molecule has 0 unspecified atom stereocenters. The Balaban J connectivity index is 1.31. The van der Waals surface area contributed by atoms with Gasteiger partial charge in [0.15, 0.2) is 23.3 Å². The van der Waals surface area contributed by atoms with Crippen LogP contribution in [0.4, 0.5) is 0 Å². The summed E-state index contributed by atoms with van der Waals surface area (Å²) in [5.74, 6) is 2.46. The van der Waals surface area contributed by atoms with Crippen LogP contribution in [0.1, 0.15) is 44.5 Å². The molecule has 306 valence electrons. The van der Waals surface area contributed by atoms with Crippen LogP contribution in [0, 0.1) is 55.4 Å². The lowest BCUT2D eigenvalue weighted by molar-refractivity contribution is 1.19. The zero-order chi connectivity index (χ0) is 43.4. The second kappa shape index (κ2) is 12.9. The molecule has 0 saturated heterocycles. The molecule has 0 spiro atoms. The zero-order valence-corrected chi connectivity index (χ0v) is 36.9. The monoisotopic (exact) mass is 826 g/mol. The van der Waals surface area contributed by atoms with Gasteiger partial charge < -0.3 is 9.97 Å². The summed E-state index contributed by atoms with van der Waals surface area (Å²) in [5, 5.41) is 13.5. The third-order valence-electron chi connectivity index (χ3n) is 14.5. The maximum Gasteiger partial charge on any atom is 0.165 e. The molecule has 8 heteroatoms. The van der Waals surface area contributed by atoms with Crippen molar-refractivity contribution in [3.8, 4) is 45.6 Å². The van der Waals surface area contributed by atoms with E-state index in [0.717, 1.165) is 88.3 Å². The Morgan fingerprint density at radius 3 is 0.641 bits per heavy atom. The fourth-order valence-electron chi connectivity index (χ4n) is 11.4. The lowest BCUT2D eigenvalue weighted by Crippen LogP contribution is -1.93. The molecule has 0 radical (unpaired) electrons. The van der Waals surface area contributed by atoms with Crippen LogP contribution in [-0.4, -0.2) is 39.9 Å². The van der Waals surface area contributed by atoms with Crippen molar-refractivity contribution in [3.63, 3.8) is 0 Å². The first-order chi connectivity index (χ1) is 31.1. The highest BCUT2D eigenvalue weighted by molar-refractivity contribution is 6.18. The third-order valence-corrected chi connectivity index (χ3v) is 14.5. The molecule has 64 heavy (non-hydrogen) atoms. The van der Waals surface area contributed by atoms with Crippen LogP contribution in [0.5, 0.6) is 0 Å². The lowest BCUT2D eigenvalue weighted by Gasteiger charge is -2.13. The summed E-state index contributed by atoms with van der Waals surface area (Å²) in [5.41, 5.74) is 15.7. The summed E-state index contributed by atoms with van der Waals surface area (Å²) >= 11 is 0. The number of rotatable bonds is 0. The number of aryl methyl sites for hydroxylation is 8. The van der Waals surface area contributed by atoms with E-state index in [2.05, 4.69) is 162 Å². The molecule has 8 aromatic carbocycles. The number of nitrogens with zero attached hydrogens (tertiary/aromatic N) is 6. The average molecular weight is 827 g/mol. The van der Waals surface area contributed by atoms with Crippen molar-refractivity contribution >= 4 is 87.2 Å². The summed E-state index contributed by atoms with van der Waals surface area (Å²) in [6, 6.07) is 34.4. The van der Waals surface area contributed by atoms with Crippen LogP contribution < -0.4 is 0 Å². The van der Waals surface area contributed by atoms with E-state index in [0.29, 0.717) is 45.9 Å². The van der Waals surface area contributed by atoms with E-state index in [1.54, 1.807) is 0 Å². The molecule has 2 aliphatic heterocycles. The standard InChI is InChI=1S/C56H42N8/c1-25-33-17-9-10-18-34(33)26(2)42-41(25)49-57-50(42)62-52-45-29(5)37-21-13-14-22-38(37)30(6)46(45)54(59-52)64-56-48-32(8)40-24-16-15-23-39(40)31(7)47(48)55(60-56)63-53-44-28(4)36-20-12-11-19-35(36)27(3)43(44)51(58-53)61-49/h9-24H,1-8H3,(H2,57,58,59,60,61,62,63,64). The van der Waals surface area contributed by atoms with Gasteiger partial charge >= 0.3 is 0 Å². The normalized spacial score (nSPS) is 12.4. The number of hydrogen-bond donors (Lipinski definition) is 2. The Morgan fingerprint density at radius 2 is 0.438 bits per heavy atom. The van der Waals surface area contributed by atoms with Gasteiger partial charge in [-0.05, 0) is 143 Å². The van der Waals surface area contributed by atoms with E-state index < -0.39 is 0 Å². The Kier molecular flexibility index (Phi) is 7.39. The number of nitrogens with one attached hydrogen (secondary N) is 2. The highest BCUT2D eigenvalue weighted by Gasteiger charge is 2.30. The summed E-state index contributed by atoms with van der Waals surface area (Å²) < 4.78 is 0. The lowest BCUT2D eigenvalue weighted by atomic mass is 9.90. The molecule has 8 nitrogen and oxygen atoms in total. The maximum atomic E-state index is 5.58. The van der Waals surface area contributed by atoms with Crippen LogP contribution in [0.2, 0.25) is 0 Å². The Labute approximate surface area is 368 Å². The average Bonchev–Trinajstić information content (AvgIpc) is 4.07. The fourth-order valence-corrected chi connectivity index (χ4v) is 11.4. The molecule has 0 aliphatic carbocycles. The van der Waals surface area contributed by atoms with Gasteiger partial charge in [-0.1, -0.05) is 97.1 Å². The molecule has 2 aliphatic rings. The van der Waals surface area contributed by atoms with E-state index in [9.17, 15) is 0 Å². The molecule has 11 aromatic rings. The van der Waals surface area contributed by atoms with Crippen molar-refractivity contribution in [2.24, 2.45) is 0 Å². The highest BCUT2D eigenvalue weighted by Crippen LogP contribution is 2.47. The quantitative estimate of drug-likeness (QED) is 0.158. The van der Waals surface area contributed by atoms with Crippen molar-refractivity contribution < 1.29 is 0 Å². The van der Waals surface area contributed by atoms with E-state index in [4.69, 9.17) is 29.9 Å². The molecule has 0 fully saturated rings. The predicted molar refractivity (Wildman–Crippen MR) is 264 cm³/mol. The largest absolute Gasteiger partial charge is 0.324 e. The Hall–Kier alpha value is -7.84. The Bertz CT molecular complexity index is 3640. The van der Waals surface area contributed by atoms with Crippen LogP contribution in [0.15, 0.2) is 97.1 Å². The topological polar surface area (TPSA) is 109 Å². The number of fused-ring (bicyclic) bond motifs is 24. The minimum Gasteiger partial charge on any atom is -0.324 e. The van der Waals surface area contributed by atoms with Gasteiger partial charge in [-0.15, -0.1) is 0 Å². The second-order valence-electron chi connectivity index (χ2n) is 17.8. The fraction of sp³-hybridized carbons (Fsp3) is 0.143. The van der Waals surface area contributed by atoms with Gasteiger partial charge in [-0.25, -0.2) is 29.9 Å². The molecule has 8 bridgehead atoms. The molecule has 5 heterocycles. The SMILES string of the molecule is Cc1c2c(c(C)c3ccccc13)-c1nc-2nc2[nH]c(nc3nc(nc4[nH]c(n1)c1c(C)c5ccccc5c(C)c41)-c1c-3c(C)c3ccccc3c1C)c1c(C)c3ccccc3c(C)c21. The van der Waals surface area contributed by atoms with Crippen molar-refractivity contribution in [3.05, 3.63) is 142 Å². The molecule has 2 N–H and O–H groups in total. The molecular weight excluding hydrogens is 785 g/mol. The van der Waals surface area contributed by atoms with Gasteiger partial charge in [0.1, 0.15) is 22.6 Å². The van der Waals surface area contributed by atoms with Crippen molar-refractivity contribution in [2.75, 3.05) is 0 Å². The minimum atomic E-state index is 0.614. The predicted octanol–water partition coefficient (Wildman–Crippen LogP) is 13.9. The van der Waals surface area contributed by atoms with Gasteiger partial charge in [0.05, 0.1) is 0 Å². The number of aromatic amines is 2. The van der Waals surface area contributed by atoms with Crippen LogP contribution in [0.3, 0.4) is 0 Å². The first-order valence-electron chi connectivity index (χ1n) is 22.0. The summed E-state index contributed by atoms with van der Waals surface area (Å²) in [7, 11) is 0. The van der Waals surface area contributed by atoms with Crippen LogP contribution >= 0.6 is 0 Å². The van der Waals surface area contributed by atoms with Crippen LogP contribution in [-0.2, 0) is 0 Å². The minimum absolute atomic E-state index is 0.614. The summed E-state index contributed by atoms with van der Waals surface area (Å²) in [6.07, 6.45) is 0. The van der Waals surface area contributed by atoms with Crippen molar-refractivity contribution in [2.45, 2.75) is 55.4 Å². The maximum absolute atomic E-state index is 5.58. The number of aromatic nitrogens is 8. The first-order valence-corrected chi connectivity index (χ1v) is 22.0. The Morgan fingerprint density at radius 1 is 0.250 bits per heavy atom. The van der Waals surface area contributed by atoms with Crippen molar-refractivity contribution in [1.82, 2.24) is 39.9 Å². The van der Waals surface area contributed by atoms with Gasteiger partial charge in [0, 0.05) is 43.8 Å². The molecule has 3 aromatic heterocycles. The summed E-state index contributed by atoms with van der Waals surface area (Å²) in [6.45, 7) is 17.5. The van der Waals surface area contributed by atoms with Gasteiger partial charge in [0.2, 0.25) is 0 Å². The zero-order valence-electron chi connectivity index (χ0n) is 36.9. The van der Waals surface area contributed by atoms with Gasteiger partial charge in [-0.3, -0.25) is 0 Å². The molecule has 0 saturated carbocycles. The number of H-pyrrole nitrogens is 2. The highest BCUT2D eigenvalue weighted by atomic mass is 15.1. The van der Waals surface area contributed by atoms with Crippen LogP contribution in [0.25, 0.3) is 133 Å².